The normalized spacial score (nSPS) is 31.9. The van der Waals surface area contributed by atoms with Crippen LogP contribution in [0.1, 0.15) is 6.92 Å². The van der Waals surface area contributed by atoms with Gasteiger partial charge in [-0.1, -0.05) is 0 Å². The van der Waals surface area contributed by atoms with Crippen LogP contribution in [0, 0.1) is 0 Å². The van der Waals surface area contributed by atoms with Crippen molar-refractivity contribution >= 4 is 5.91 Å². The Kier molecular flexibility index (Phi) is 9.99. The second kappa shape index (κ2) is 12.0. The molecule has 2 fully saturated rings. The average molecular weight is 409 g/mol. The third-order valence-electron chi connectivity index (χ3n) is 4.43. The van der Waals surface area contributed by atoms with Crippen LogP contribution >= 0.6 is 0 Å². The molecule has 4 N–H and O–H groups in total. The van der Waals surface area contributed by atoms with E-state index in [1.807, 2.05) is 0 Å². The van der Waals surface area contributed by atoms with Gasteiger partial charge in [-0.3, -0.25) is 4.79 Å². The van der Waals surface area contributed by atoms with Gasteiger partial charge in [-0.2, -0.15) is 0 Å². The number of rotatable bonds is 14. The summed E-state index contributed by atoms with van der Waals surface area (Å²) in [7, 11) is 0. The summed E-state index contributed by atoms with van der Waals surface area (Å²) in [5.41, 5.74) is -1.17. The molecule has 5 atom stereocenters. The third-order valence-corrected chi connectivity index (χ3v) is 4.43. The molecule has 1 amide bonds. The molecule has 2 bridgehead atoms. The quantitative estimate of drug-likeness (QED) is 0.225. The Morgan fingerprint density at radius 2 is 1.61 bits per heavy atom. The van der Waals surface area contributed by atoms with Crippen molar-refractivity contribution in [3.8, 4) is 0 Å². The van der Waals surface area contributed by atoms with Crippen molar-refractivity contribution in [2.24, 2.45) is 0 Å². The maximum atomic E-state index is 11.2. The summed E-state index contributed by atoms with van der Waals surface area (Å²) >= 11 is 0. The summed E-state index contributed by atoms with van der Waals surface area (Å²) < 4.78 is 32.4. The molecule has 11 heteroatoms. The fraction of sp³-hybridized carbons (Fsp3) is 0.941. The van der Waals surface area contributed by atoms with Crippen molar-refractivity contribution in [1.29, 1.82) is 0 Å². The first-order valence-electron chi connectivity index (χ1n) is 9.34. The number of fused-ring (bicyclic) bond motifs is 2. The summed E-state index contributed by atoms with van der Waals surface area (Å²) in [6, 6.07) is -0.833. The van der Waals surface area contributed by atoms with E-state index < -0.39 is 30.1 Å². The van der Waals surface area contributed by atoms with Crippen LogP contribution in [0.25, 0.3) is 0 Å². The highest BCUT2D eigenvalue weighted by atomic mass is 16.8. The van der Waals surface area contributed by atoms with Gasteiger partial charge in [0.15, 0.2) is 6.29 Å². The van der Waals surface area contributed by atoms with Crippen molar-refractivity contribution in [2.45, 2.75) is 37.1 Å². The van der Waals surface area contributed by atoms with Gasteiger partial charge < -0.3 is 49.1 Å². The van der Waals surface area contributed by atoms with E-state index in [9.17, 15) is 15.0 Å². The number of aliphatic hydroxyl groups is 3. The highest BCUT2D eigenvalue weighted by Gasteiger charge is 2.59. The Morgan fingerprint density at radius 3 is 2.18 bits per heavy atom. The number of hydrogen-bond acceptors (Lipinski definition) is 10. The molecule has 0 aromatic rings. The zero-order valence-corrected chi connectivity index (χ0v) is 16.1. The van der Waals surface area contributed by atoms with Crippen molar-refractivity contribution < 1.29 is 48.5 Å². The van der Waals surface area contributed by atoms with E-state index in [0.717, 1.165) is 0 Å². The summed E-state index contributed by atoms with van der Waals surface area (Å²) in [5.74, 6) is -0.349. The topological polar surface area (TPSA) is 145 Å². The summed E-state index contributed by atoms with van der Waals surface area (Å²) in [6.45, 7) is 3.96. The summed E-state index contributed by atoms with van der Waals surface area (Å²) in [6.07, 6.45) is -3.31. The first-order chi connectivity index (χ1) is 13.5. The molecule has 0 unspecified atom stereocenters. The van der Waals surface area contributed by atoms with Gasteiger partial charge in [-0.25, -0.2) is 0 Å². The number of ether oxygens (including phenoxy) is 6. The lowest BCUT2D eigenvalue weighted by atomic mass is 9.88. The van der Waals surface area contributed by atoms with E-state index in [1.54, 1.807) is 0 Å². The van der Waals surface area contributed by atoms with Crippen LogP contribution in [-0.4, -0.2) is 117 Å². The lowest BCUT2D eigenvalue weighted by Crippen LogP contribution is -2.66. The van der Waals surface area contributed by atoms with Gasteiger partial charge in [0.1, 0.15) is 23.9 Å². The molecule has 0 saturated carbocycles. The first kappa shape index (κ1) is 23.4. The van der Waals surface area contributed by atoms with Crippen LogP contribution in [0.4, 0.5) is 0 Å². The Morgan fingerprint density at radius 1 is 1.04 bits per heavy atom. The lowest BCUT2D eigenvalue weighted by molar-refractivity contribution is -0.238. The summed E-state index contributed by atoms with van der Waals surface area (Å²) in [4.78, 5) is 11.2. The second-order valence-corrected chi connectivity index (χ2v) is 6.64. The molecule has 2 aliphatic heterocycles. The van der Waals surface area contributed by atoms with Crippen LogP contribution < -0.4 is 5.32 Å². The SMILES string of the molecule is CC(=O)N[C@H]1[C@H]2OC[C@](COCCOCCOCCOCCO)(O2)[C@H](O)[C@@H]1O. The van der Waals surface area contributed by atoms with E-state index in [2.05, 4.69) is 5.32 Å². The number of aliphatic hydroxyl groups excluding tert-OH is 3. The van der Waals surface area contributed by atoms with Crippen molar-refractivity contribution in [2.75, 3.05) is 66.1 Å². The van der Waals surface area contributed by atoms with E-state index in [-0.39, 0.29) is 32.3 Å². The molecule has 0 aliphatic carbocycles. The highest BCUT2D eigenvalue weighted by Crippen LogP contribution is 2.37. The molecule has 0 spiro atoms. The number of hydrogen-bond donors (Lipinski definition) is 4. The zero-order valence-electron chi connectivity index (χ0n) is 16.1. The molecule has 2 saturated heterocycles. The fourth-order valence-electron chi connectivity index (χ4n) is 3.04. The number of amides is 1. The van der Waals surface area contributed by atoms with E-state index >= 15 is 0 Å². The van der Waals surface area contributed by atoms with Crippen LogP contribution in [0.3, 0.4) is 0 Å². The molecule has 0 radical (unpaired) electrons. The van der Waals surface area contributed by atoms with Crippen molar-refractivity contribution in [3.63, 3.8) is 0 Å². The predicted octanol–water partition coefficient (Wildman–Crippen LogP) is -2.60. The summed E-state index contributed by atoms with van der Waals surface area (Å²) in [5, 5.41) is 31.8. The van der Waals surface area contributed by atoms with E-state index in [0.29, 0.717) is 39.6 Å². The molecule has 2 aliphatic rings. The number of carbonyl (C=O) groups is 1. The van der Waals surface area contributed by atoms with Crippen LogP contribution in [0.15, 0.2) is 0 Å². The van der Waals surface area contributed by atoms with E-state index in [1.165, 1.54) is 6.92 Å². The van der Waals surface area contributed by atoms with Crippen molar-refractivity contribution in [1.82, 2.24) is 5.32 Å². The van der Waals surface area contributed by atoms with Crippen LogP contribution in [0.5, 0.6) is 0 Å². The molecule has 0 aromatic carbocycles. The maximum Gasteiger partial charge on any atom is 0.217 e. The molecule has 28 heavy (non-hydrogen) atoms. The van der Waals surface area contributed by atoms with Gasteiger partial charge in [-0.05, 0) is 0 Å². The van der Waals surface area contributed by atoms with Gasteiger partial charge in [0.25, 0.3) is 0 Å². The Hall–Kier alpha value is -0.890. The zero-order chi connectivity index (χ0) is 20.4. The minimum Gasteiger partial charge on any atom is -0.394 e. The Balaban J connectivity index is 1.56. The van der Waals surface area contributed by atoms with Gasteiger partial charge in [0.2, 0.25) is 5.91 Å². The van der Waals surface area contributed by atoms with Gasteiger partial charge in [-0.15, -0.1) is 0 Å². The fourth-order valence-corrected chi connectivity index (χ4v) is 3.04. The standard InChI is InChI=1S/C17H31NO10/c1-12(20)18-13-14(21)15(22)17(11-27-16(13)28-17)10-26-9-8-25-7-6-24-5-4-23-3-2-19/h13-16,19,21-22H,2-11H2,1H3,(H,18,20)/t13-,14-,15-,16+,17+/m1/s1. The second-order valence-electron chi connectivity index (χ2n) is 6.64. The Bertz CT molecular complexity index is 467. The first-order valence-corrected chi connectivity index (χ1v) is 9.34. The third kappa shape index (κ3) is 6.58. The lowest BCUT2D eigenvalue weighted by Gasteiger charge is -2.42. The highest BCUT2D eigenvalue weighted by molar-refractivity contribution is 5.73. The molecule has 2 heterocycles. The number of nitrogens with one attached hydrogen (secondary N) is 1. The monoisotopic (exact) mass is 409 g/mol. The van der Waals surface area contributed by atoms with Crippen LogP contribution in [0.2, 0.25) is 0 Å². The van der Waals surface area contributed by atoms with Crippen LogP contribution in [-0.2, 0) is 33.2 Å². The molecule has 11 nitrogen and oxygen atoms in total. The Labute approximate surface area is 163 Å². The predicted molar refractivity (Wildman–Crippen MR) is 93.5 cm³/mol. The van der Waals surface area contributed by atoms with E-state index in [4.69, 9.17) is 33.5 Å². The largest absolute Gasteiger partial charge is 0.394 e. The van der Waals surface area contributed by atoms with Gasteiger partial charge in [0, 0.05) is 6.92 Å². The molecular weight excluding hydrogens is 378 g/mol. The minimum atomic E-state index is -1.26. The average Bonchev–Trinajstić information content (AvgIpc) is 3.07. The van der Waals surface area contributed by atoms with Gasteiger partial charge >= 0.3 is 0 Å². The molecule has 2 rings (SSSR count). The minimum absolute atomic E-state index is 0.00586. The maximum absolute atomic E-state index is 11.2. The van der Waals surface area contributed by atoms with Crippen molar-refractivity contribution in [3.05, 3.63) is 0 Å². The van der Waals surface area contributed by atoms with Gasteiger partial charge in [0.05, 0.1) is 66.1 Å². The number of carbonyl (C=O) groups excluding carboxylic acids is 1. The molecule has 164 valence electrons. The molecule has 0 aromatic heterocycles. The smallest absolute Gasteiger partial charge is 0.217 e. The molecular formula is C17H31NO10.